The van der Waals surface area contributed by atoms with Crippen molar-refractivity contribution in [3.63, 3.8) is 0 Å². The van der Waals surface area contributed by atoms with Crippen LogP contribution in [-0.2, 0) is 0 Å². The fraction of sp³-hybridized carbons (Fsp3) is 0.538. The molecule has 0 amide bonds. The molecule has 0 radical (unpaired) electrons. The van der Waals surface area contributed by atoms with E-state index in [1.54, 1.807) is 21.3 Å². The fourth-order valence-electron chi connectivity index (χ4n) is 2.23. The SMILES string of the molecule is COc1cc([C@@H]2C[C@H]2CN)cc(OC)c1OC. The number of benzene rings is 1. The van der Waals surface area contributed by atoms with Gasteiger partial charge in [0.15, 0.2) is 11.5 Å². The highest BCUT2D eigenvalue weighted by Gasteiger charge is 2.38. The van der Waals surface area contributed by atoms with Crippen molar-refractivity contribution in [2.45, 2.75) is 12.3 Å². The Kier molecular flexibility index (Phi) is 3.43. The molecule has 0 aromatic heterocycles. The number of hydrogen-bond donors (Lipinski definition) is 1. The standard InChI is InChI=1S/C13H19NO3/c1-15-11-5-8(10-4-9(10)7-14)6-12(16-2)13(11)17-3/h5-6,9-10H,4,7,14H2,1-3H3/t9-,10-/m0/s1. The summed E-state index contributed by atoms with van der Waals surface area (Å²) in [5.41, 5.74) is 6.89. The van der Waals surface area contributed by atoms with Crippen molar-refractivity contribution in [3.05, 3.63) is 17.7 Å². The number of methoxy groups -OCH3 is 3. The first kappa shape index (κ1) is 12.0. The van der Waals surface area contributed by atoms with E-state index < -0.39 is 0 Å². The Morgan fingerprint density at radius 1 is 1.12 bits per heavy atom. The lowest BCUT2D eigenvalue weighted by atomic mass is 10.1. The molecule has 0 saturated heterocycles. The molecule has 4 nitrogen and oxygen atoms in total. The highest BCUT2D eigenvalue weighted by atomic mass is 16.5. The van der Waals surface area contributed by atoms with E-state index in [4.69, 9.17) is 19.9 Å². The maximum Gasteiger partial charge on any atom is 0.203 e. The Balaban J connectivity index is 2.35. The van der Waals surface area contributed by atoms with Gasteiger partial charge in [-0.05, 0) is 42.5 Å². The zero-order chi connectivity index (χ0) is 12.4. The molecule has 0 unspecified atom stereocenters. The first-order valence-electron chi connectivity index (χ1n) is 5.75. The topological polar surface area (TPSA) is 53.7 Å². The predicted octanol–water partition coefficient (Wildman–Crippen LogP) is 1.77. The van der Waals surface area contributed by atoms with E-state index >= 15 is 0 Å². The molecule has 2 rings (SSSR count). The Morgan fingerprint density at radius 3 is 2.06 bits per heavy atom. The van der Waals surface area contributed by atoms with Crippen molar-refractivity contribution in [2.75, 3.05) is 27.9 Å². The van der Waals surface area contributed by atoms with Crippen molar-refractivity contribution in [2.24, 2.45) is 11.7 Å². The van der Waals surface area contributed by atoms with Gasteiger partial charge in [-0.1, -0.05) is 0 Å². The number of rotatable bonds is 5. The van der Waals surface area contributed by atoms with Gasteiger partial charge in [0.2, 0.25) is 5.75 Å². The third kappa shape index (κ3) is 2.17. The van der Waals surface area contributed by atoms with Gasteiger partial charge in [0.05, 0.1) is 21.3 Å². The molecule has 2 atom stereocenters. The summed E-state index contributed by atoms with van der Waals surface area (Å²) in [6.45, 7) is 0.737. The second-order valence-corrected chi connectivity index (χ2v) is 4.30. The molecule has 1 saturated carbocycles. The van der Waals surface area contributed by atoms with E-state index in [0.29, 0.717) is 29.1 Å². The summed E-state index contributed by atoms with van der Waals surface area (Å²) in [4.78, 5) is 0. The zero-order valence-electron chi connectivity index (χ0n) is 10.5. The monoisotopic (exact) mass is 237 g/mol. The molecule has 0 bridgehead atoms. The molecular formula is C13H19NO3. The van der Waals surface area contributed by atoms with Crippen molar-refractivity contribution in [3.8, 4) is 17.2 Å². The van der Waals surface area contributed by atoms with Crippen molar-refractivity contribution in [1.29, 1.82) is 0 Å². The molecular weight excluding hydrogens is 218 g/mol. The van der Waals surface area contributed by atoms with Crippen molar-refractivity contribution in [1.82, 2.24) is 0 Å². The lowest BCUT2D eigenvalue weighted by Gasteiger charge is -2.14. The number of hydrogen-bond acceptors (Lipinski definition) is 4. The van der Waals surface area contributed by atoms with E-state index in [1.807, 2.05) is 12.1 Å². The van der Waals surface area contributed by atoms with Crippen LogP contribution in [0.2, 0.25) is 0 Å². The van der Waals surface area contributed by atoms with Crippen LogP contribution in [0.5, 0.6) is 17.2 Å². The van der Waals surface area contributed by atoms with Gasteiger partial charge < -0.3 is 19.9 Å². The highest BCUT2D eigenvalue weighted by Crippen LogP contribution is 2.50. The normalized spacial score (nSPS) is 22.1. The molecule has 1 aliphatic carbocycles. The quantitative estimate of drug-likeness (QED) is 0.848. The van der Waals surface area contributed by atoms with Crippen LogP contribution in [0.25, 0.3) is 0 Å². The van der Waals surface area contributed by atoms with Crippen LogP contribution in [0.3, 0.4) is 0 Å². The first-order chi connectivity index (χ1) is 8.24. The molecule has 0 aliphatic heterocycles. The molecule has 1 aromatic carbocycles. The molecule has 17 heavy (non-hydrogen) atoms. The Hall–Kier alpha value is -1.42. The van der Waals surface area contributed by atoms with Gasteiger partial charge in [-0.2, -0.15) is 0 Å². The molecule has 0 heterocycles. The third-order valence-electron chi connectivity index (χ3n) is 3.34. The second-order valence-electron chi connectivity index (χ2n) is 4.30. The van der Waals surface area contributed by atoms with Gasteiger partial charge in [0.25, 0.3) is 0 Å². The summed E-state index contributed by atoms with van der Waals surface area (Å²) in [5, 5.41) is 0. The van der Waals surface area contributed by atoms with Gasteiger partial charge in [0, 0.05) is 0 Å². The number of nitrogens with two attached hydrogens (primary N) is 1. The lowest BCUT2D eigenvalue weighted by Crippen LogP contribution is -2.02. The summed E-state index contributed by atoms with van der Waals surface area (Å²) in [6.07, 6.45) is 1.15. The third-order valence-corrected chi connectivity index (χ3v) is 3.34. The van der Waals surface area contributed by atoms with Crippen LogP contribution in [0.15, 0.2) is 12.1 Å². The zero-order valence-corrected chi connectivity index (χ0v) is 10.5. The minimum absolute atomic E-state index is 0.536. The smallest absolute Gasteiger partial charge is 0.203 e. The molecule has 94 valence electrons. The minimum Gasteiger partial charge on any atom is -0.493 e. The molecule has 0 spiro atoms. The molecule has 1 aromatic rings. The maximum atomic E-state index is 5.67. The summed E-state index contributed by atoms with van der Waals surface area (Å²) in [5.74, 6) is 3.20. The molecule has 2 N–H and O–H groups in total. The van der Waals surface area contributed by atoms with Crippen LogP contribution in [-0.4, -0.2) is 27.9 Å². The van der Waals surface area contributed by atoms with E-state index in [0.717, 1.165) is 13.0 Å². The average Bonchev–Trinajstić information content (AvgIpc) is 3.16. The average molecular weight is 237 g/mol. The maximum absolute atomic E-state index is 5.67. The van der Waals surface area contributed by atoms with Crippen molar-refractivity contribution >= 4 is 0 Å². The van der Waals surface area contributed by atoms with E-state index in [-0.39, 0.29) is 0 Å². The summed E-state index contributed by atoms with van der Waals surface area (Å²) >= 11 is 0. The molecule has 1 fully saturated rings. The predicted molar refractivity (Wildman–Crippen MR) is 66.0 cm³/mol. The summed E-state index contributed by atoms with van der Waals surface area (Å²) in [6, 6.07) is 4.03. The Labute approximate surface area is 102 Å². The van der Waals surface area contributed by atoms with E-state index in [1.165, 1.54) is 5.56 Å². The molecule has 4 heteroatoms. The minimum atomic E-state index is 0.536. The van der Waals surface area contributed by atoms with Gasteiger partial charge in [-0.25, -0.2) is 0 Å². The van der Waals surface area contributed by atoms with Crippen molar-refractivity contribution < 1.29 is 14.2 Å². The Bertz CT molecular complexity index is 381. The van der Waals surface area contributed by atoms with Gasteiger partial charge in [0.1, 0.15) is 0 Å². The Morgan fingerprint density at radius 2 is 1.71 bits per heavy atom. The lowest BCUT2D eigenvalue weighted by molar-refractivity contribution is 0.323. The van der Waals surface area contributed by atoms with Crippen LogP contribution in [0, 0.1) is 5.92 Å². The van der Waals surface area contributed by atoms with Gasteiger partial charge >= 0.3 is 0 Å². The fourth-order valence-corrected chi connectivity index (χ4v) is 2.23. The highest BCUT2D eigenvalue weighted by molar-refractivity contribution is 5.55. The number of ether oxygens (including phenoxy) is 3. The summed E-state index contributed by atoms with van der Waals surface area (Å²) < 4.78 is 16.0. The summed E-state index contributed by atoms with van der Waals surface area (Å²) in [7, 11) is 4.88. The van der Waals surface area contributed by atoms with E-state index in [9.17, 15) is 0 Å². The first-order valence-corrected chi connectivity index (χ1v) is 5.75. The van der Waals surface area contributed by atoms with Gasteiger partial charge in [-0.3, -0.25) is 0 Å². The van der Waals surface area contributed by atoms with E-state index in [2.05, 4.69) is 0 Å². The van der Waals surface area contributed by atoms with Crippen LogP contribution in [0.4, 0.5) is 0 Å². The van der Waals surface area contributed by atoms with Crippen LogP contribution < -0.4 is 19.9 Å². The van der Waals surface area contributed by atoms with Gasteiger partial charge in [-0.15, -0.1) is 0 Å². The largest absolute Gasteiger partial charge is 0.493 e. The van der Waals surface area contributed by atoms with Crippen LogP contribution in [0.1, 0.15) is 17.9 Å². The second kappa shape index (κ2) is 4.84. The molecule has 1 aliphatic rings. The van der Waals surface area contributed by atoms with Crippen LogP contribution >= 0.6 is 0 Å².